The fourth-order valence-electron chi connectivity index (χ4n) is 2.80. The van der Waals surface area contributed by atoms with Gasteiger partial charge >= 0.3 is 0 Å². The van der Waals surface area contributed by atoms with E-state index in [0.717, 1.165) is 25.2 Å². The quantitative estimate of drug-likeness (QED) is 0.819. The van der Waals surface area contributed by atoms with E-state index in [9.17, 15) is 0 Å². The van der Waals surface area contributed by atoms with Gasteiger partial charge in [0.2, 0.25) is 0 Å². The molecule has 0 radical (unpaired) electrons. The summed E-state index contributed by atoms with van der Waals surface area (Å²) < 4.78 is 0. The second kappa shape index (κ2) is 4.58. The molecule has 1 aromatic carbocycles. The minimum atomic E-state index is -0.0362. The van der Waals surface area contributed by atoms with Crippen LogP contribution in [-0.4, -0.2) is 0 Å². The Morgan fingerprint density at radius 3 is 2.81 bits per heavy atom. The normalized spacial score (nSPS) is 23.8. The van der Waals surface area contributed by atoms with Crippen molar-refractivity contribution in [2.45, 2.75) is 51.5 Å². The van der Waals surface area contributed by atoms with Crippen molar-refractivity contribution < 1.29 is 0 Å². The fourth-order valence-corrected chi connectivity index (χ4v) is 2.80. The van der Waals surface area contributed by atoms with Gasteiger partial charge in [0.15, 0.2) is 0 Å². The molecule has 0 fully saturated rings. The van der Waals surface area contributed by atoms with E-state index in [1.807, 2.05) is 0 Å². The topological polar surface area (TPSA) is 26.0 Å². The minimum Gasteiger partial charge on any atom is -0.321 e. The maximum atomic E-state index is 6.56. The number of aryl methyl sites for hydroxylation is 1. The highest BCUT2D eigenvalue weighted by molar-refractivity contribution is 5.38. The lowest BCUT2D eigenvalue weighted by atomic mass is 9.86. The molecule has 0 aromatic heterocycles. The summed E-state index contributed by atoms with van der Waals surface area (Å²) in [6.45, 7) is 4.57. The van der Waals surface area contributed by atoms with E-state index in [2.05, 4.69) is 38.1 Å². The zero-order valence-corrected chi connectivity index (χ0v) is 10.5. The molecule has 0 aliphatic heterocycles. The average Bonchev–Trinajstić information content (AvgIpc) is 2.57. The number of hydrogen-bond acceptors (Lipinski definition) is 1. The molecule has 1 aliphatic rings. The zero-order chi connectivity index (χ0) is 11.6. The Hall–Kier alpha value is -0.820. The monoisotopic (exact) mass is 217 g/mol. The fraction of sp³-hybridized carbons (Fsp3) is 0.600. The number of fused-ring (bicyclic) bond motifs is 1. The van der Waals surface area contributed by atoms with Gasteiger partial charge in [0.25, 0.3) is 0 Å². The molecule has 2 rings (SSSR count). The SMILES string of the molecule is CC(C)CCCC1(N)CCc2ccccc21. The van der Waals surface area contributed by atoms with Gasteiger partial charge in [-0.25, -0.2) is 0 Å². The number of nitrogens with two attached hydrogens (primary N) is 1. The van der Waals surface area contributed by atoms with Gasteiger partial charge in [-0.2, -0.15) is 0 Å². The van der Waals surface area contributed by atoms with E-state index < -0.39 is 0 Å². The highest BCUT2D eigenvalue weighted by atomic mass is 14.8. The van der Waals surface area contributed by atoms with E-state index >= 15 is 0 Å². The summed E-state index contributed by atoms with van der Waals surface area (Å²) in [6, 6.07) is 8.69. The van der Waals surface area contributed by atoms with Crippen LogP contribution < -0.4 is 5.73 Å². The third-order valence-corrected chi connectivity index (χ3v) is 3.80. The van der Waals surface area contributed by atoms with Crippen LogP contribution in [0.4, 0.5) is 0 Å². The van der Waals surface area contributed by atoms with Crippen molar-refractivity contribution in [1.29, 1.82) is 0 Å². The molecule has 1 heteroatoms. The smallest absolute Gasteiger partial charge is 0.0415 e. The molecule has 16 heavy (non-hydrogen) atoms. The summed E-state index contributed by atoms with van der Waals surface area (Å²) in [6.07, 6.45) is 5.98. The van der Waals surface area contributed by atoms with Crippen molar-refractivity contribution in [3.63, 3.8) is 0 Å². The van der Waals surface area contributed by atoms with Gasteiger partial charge in [-0.3, -0.25) is 0 Å². The van der Waals surface area contributed by atoms with Crippen LogP contribution in [0, 0.1) is 5.92 Å². The van der Waals surface area contributed by atoms with E-state index in [1.54, 1.807) is 0 Å². The van der Waals surface area contributed by atoms with Crippen molar-refractivity contribution in [2.75, 3.05) is 0 Å². The summed E-state index contributed by atoms with van der Waals surface area (Å²) in [5.41, 5.74) is 9.39. The van der Waals surface area contributed by atoms with Crippen molar-refractivity contribution in [3.05, 3.63) is 35.4 Å². The Morgan fingerprint density at radius 2 is 2.06 bits per heavy atom. The Balaban J connectivity index is 2.04. The maximum absolute atomic E-state index is 6.56. The summed E-state index contributed by atoms with van der Waals surface area (Å²) in [5.74, 6) is 0.792. The van der Waals surface area contributed by atoms with Crippen LogP contribution in [0.15, 0.2) is 24.3 Å². The summed E-state index contributed by atoms with van der Waals surface area (Å²) in [5, 5.41) is 0. The minimum absolute atomic E-state index is 0.0362. The molecule has 1 unspecified atom stereocenters. The van der Waals surface area contributed by atoms with E-state index in [-0.39, 0.29) is 5.54 Å². The van der Waals surface area contributed by atoms with Gasteiger partial charge in [0.1, 0.15) is 0 Å². The summed E-state index contributed by atoms with van der Waals surface area (Å²) in [7, 11) is 0. The maximum Gasteiger partial charge on any atom is 0.0415 e. The van der Waals surface area contributed by atoms with Gasteiger partial charge in [-0.05, 0) is 36.3 Å². The predicted octanol–water partition coefficient (Wildman–Crippen LogP) is 3.61. The highest BCUT2D eigenvalue weighted by Gasteiger charge is 2.33. The van der Waals surface area contributed by atoms with Crippen molar-refractivity contribution in [2.24, 2.45) is 11.7 Å². The molecule has 88 valence electrons. The highest BCUT2D eigenvalue weighted by Crippen LogP contribution is 2.38. The Bertz CT molecular complexity index is 356. The first-order valence-electron chi connectivity index (χ1n) is 6.49. The van der Waals surface area contributed by atoms with Crippen molar-refractivity contribution in [1.82, 2.24) is 0 Å². The molecule has 0 amide bonds. The lowest BCUT2D eigenvalue weighted by Gasteiger charge is -2.25. The van der Waals surface area contributed by atoms with Gasteiger partial charge in [0.05, 0.1) is 0 Å². The van der Waals surface area contributed by atoms with E-state index in [4.69, 9.17) is 5.73 Å². The first-order chi connectivity index (χ1) is 7.62. The molecule has 0 spiro atoms. The molecule has 0 heterocycles. The number of rotatable bonds is 4. The third-order valence-electron chi connectivity index (χ3n) is 3.80. The molecule has 0 saturated carbocycles. The zero-order valence-electron chi connectivity index (χ0n) is 10.5. The summed E-state index contributed by atoms with van der Waals surface area (Å²) >= 11 is 0. The van der Waals surface area contributed by atoms with Crippen LogP contribution in [0.2, 0.25) is 0 Å². The first kappa shape index (κ1) is 11.7. The van der Waals surface area contributed by atoms with Crippen LogP contribution in [0.3, 0.4) is 0 Å². The largest absolute Gasteiger partial charge is 0.321 e. The third kappa shape index (κ3) is 2.30. The molecule has 1 atom stereocenters. The van der Waals surface area contributed by atoms with Gasteiger partial charge in [0, 0.05) is 5.54 Å². The van der Waals surface area contributed by atoms with Crippen LogP contribution in [0.1, 0.15) is 50.7 Å². The molecule has 1 aliphatic carbocycles. The van der Waals surface area contributed by atoms with E-state index in [1.165, 1.54) is 24.0 Å². The molecule has 1 nitrogen and oxygen atoms in total. The molecule has 2 N–H and O–H groups in total. The number of hydrogen-bond donors (Lipinski definition) is 1. The van der Waals surface area contributed by atoms with Gasteiger partial charge in [-0.1, -0.05) is 51.0 Å². The van der Waals surface area contributed by atoms with Crippen molar-refractivity contribution >= 4 is 0 Å². The molecule has 1 aromatic rings. The second-order valence-electron chi connectivity index (χ2n) is 5.60. The predicted molar refractivity (Wildman–Crippen MR) is 69.3 cm³/mol. The average molecular weight is 217 g/mol. The molecule has 0 saturated heterocycles. The van der Waals surface area contributed by atoms with Crippen LogP contribution in [0.25, 0.3) is 0 Å². The Morgan fingerprint density at radius 1 is 1.31 bits per heavy atom. The van der Waals surface area contributed by atoms with Crippen molar-refractivity contribution in [3.8, 4) is 0 Å². The first-order valence-corrected chi connectivity index (χ1v) is 6.49. The number of benzene rings is 1. The second-order valence-corrected chi connectivity index (χ2v) is 5.60. The summed E-state index contributed by atoms with van der Waals surface area (Å²) in [4.78, 5) is 0. The molecular weight excluding hydrogens is 194 g/mol. The standard InChI is InChI=1S/C15H23N/c1-12(2)6-5-10-15(16)11-9-13-7-3-4-8-14(13)15/h3-4,7-8,12H,5-6,9-11,16H2,1-2H3. The molecule has 0 bridgehead atoms. The Labute approximate surface area is 99.0 Å². The van der Waals surface area contributed by atoms with Gasteiger partial charge in [-0.15, -0.1) is 0 Å². The van der Waals surface area contributed by atoms with E-state index in [0.29, 0.717) is 0 Å². The molecular formula is C15H23N. The van der Waals surface area contributed by atoms with Gasteiger partial charge < -0.3 is 5.73 Å². The Kier molecular flexibility index (Phi) is 3.34. The van der Waals surface area contributed by atoms with Crippen LogP contribution in [0.5, 0.6) is 0 Å². The lowest BCUT2D eigenvalue weighted by molar-refractivity contribution is 0.373. The lowest BCUT2D eigenvalue weighted by Crippen LogP contribution is -2.34. The van der Waals surface area contributed by atoms with Crippen LogP contribution >= 0.6 is 0 Å². The van der Waals surface area contributed by atoms with Crippen LogP contribution in [-0.2, 0) is 12.0 Å².